The lowest BCUT2D eigenvalue weighted by atomic mass is 10.0. The maximum atomic E-state index is 12.2. The third-order valence-corrected chi connectivity index (χ3v) is 6.77. The van der Waals surface area contributed by atoms with Gasteiger partial charge in [-0.3, -0.25) is 19.7 Å². The Morgan fingerprint density at radius 1 is 0.941 bits per heavy atom. The molecule has 5 N–H and O–H groups in total. The topological polar surface area (TPSA) is 117 Å². The third kappa shape index (κ3) is 8.63. The molecule has 0 saturated carbocycles. The fourth-order valence-electron chi connectivity index (χ4n) is 4.60. The van der Waals surface area contributed by atoms with Crippen molar-refractivity contribution >= 4 is 29.1 Å². The summed E-state index contributed by atoms with van der Waals surface area (Å²) in [6.07, 6.45) is 11.4. The first kappa shape index (κ1) is 26.0. The highest BCUT2D eigenvalue weighted by atomic mass is 16.2. The molecule has 2 aliphatic rings. The number of hydrogen-bond donors (Lipinski definition) is 4. The minimum atomic E-state index is -0.380. The van der Waals surface area contributed by atoms with Crippen molar-refractivity contribution in [3.63, 3.8) is 0 Å². The van der Waals surface area contributed by atoms with Crippen LogP contribution >= 0.6 is 0 Å². The Morgan fingerprint density at radius 2 is 1.59 bits per heavy atom. The van der Waals surface area contributed by atoms with Crippen LogP contribution in [0, 0.1) is 0 Å². The van der Waals surface area contributed by atoms with Crippen molar-refractivity contribution in [3.05, 3.63) is 24.3 Å². The molecular weight excluding hydrogens is 430 g/mol. The van der Waals surface area contributed by atoms with Crippen LogP contribution in [0.2, 0.25) is 0 Å². The van der Waals surface area contributed by atoms with E-state index in [1.54, 1.807) is 0 Å². The Balaban J connectivity index is 1.22. The smallest absolute Gasteiger partial charge is 0.249 e. The van der Waals surface area contributed by atoms with Gasteiger partial charge in [0.2, 0.25) is 17.7 Å². The van der Waals surface area contributed by atoms with Gasteiger partial charge in [0, 0.05) is 38.5 Å². The van der Waals surface area contributed by atoms with Crippen molar-refractivity contribution in [2.45, 2.75) is 89.1 Å². The first-order valence-electron chi connectivity index (χ1n) is 13.0. The second-order valence-corrected chi connectivity index (χ2v) is 9.56. The summed E-state index contributed by atoms with van der Waals surface area (Å²) >= 11 is 0. The van der Waals surface area contributed by atoms with Crippen LogP contribution < -0.4 is 21.7 Å². The molecule has 0 bridgehead atoms. The van der Waals surface area contributed by atoms with Gasteiger partial charge >= 0.3 is 0 Å². The average Bonchev–Trinajstić information content (AvgIpc) is 2.83. The number of unbranched alkanes of at least 4 members (excludes halogenated alkanes) is 6. The fraction of sp³-hybridized carbons (Fsp3) is 0.654. The van der Waals surface area contributed by atoms with Gasteiger partial charge in [-0.25, -0.2) is 0 Å². The monoisotopic (exact) mass is 471 g/mol. The number of carbonyl (C=O) groups is 3. The molecule has 0 aliphatic carbocycles. The highest BCUT2D eigenvalue weighted by Crippen LogP contribution is 2.23. The van der Waals surface area contributed by atoms with Crippen LogP contribution in [0.3, 0.4) is 0 Å². The molecule has 3 rings (SSSR count). The van der Waals surface area contributed by atoms with Crippen LogP contribution in [0.5, 0.6) is 0 Å². The summed E-state index contributed by atoms with van der Waals surface area (Å²) in [6.45, 7) is 2.53. The molecule has 8 heteroatoms. The molecule has 1 aromatic carbocycles. The molecule has 2 fully saturated rings. The number of nitrogens with zero attached hydrogens (tertiary/aromatic N) is 1. The summed E-state index contributed by atoms with van der Waals surface area (Å²) in [5.74, 6) is -0.164. The van der Waals surface area contributed by atoms with Gasteiger partial charge in [-0.1, -0.05) is 44.2 Å². The lowest BCUT2D eigenvalue weighted by molar-refractivity contribution is -0.134. The van der Waals surface area contributed by atoms with Gasteiger partial charge in [-0.2, -0.15) is 0 Å². The normalized spacial score (nSPS) is 19.1. The Bertz CT molecular complexity index is 807. The number of benzene rings is 1. The molecule has 0 radical (unpaired) electrons. The van der Waals surface area contributed by atoms with E-state index in [4.69, 9.17) is 5.73 Å². The minimum Gasteiger partial charge on any atom is -0.383 e. The molecule has 188 valence electrons. The Hall–Kier alpha value is -2.61. The van der Waals surface area contributed by atoms with Crippen LogP contribution in [-0.2, 0) is 14.4 Å². The molecule has 1 atom stereocenters. The zero-order valence-corrected chi connectivity index (χ0v) is 20.3. The van der Waals surface area contributed by atoms with Crippen molar-refractivity contribution in [3.8, 4) is 0 Å². The molecule has 1 aromatic rings. The standard InChI is InChI=1S/C26H41N5O3/c27-20-15-18-31(19-16-20)25(33)12-6-4-2-1-3-5-9-17-28-21-10-7-8-11-22(21)29-23-13-14-24(32)30-26(23)34/h7-8,10-11,20,23,28-29H,1-6,9,12-19,27H2,(H,30,32,34). The molecule has 2 heterocycles. The Kier molecular flexibility index (Phi) is 10.7. The summed E-state index contributed by atoms with van der Waals surface area (Å²) < 4.78 is 0. The van der Waals surface area contributed by atoms with E-state index in [9.17, 15) is 14.4 Å². The summed E-state index contributed by atoms with van der Waals surface area (Å²) in [6, 6.07) is 7.76. The van der Waals surface area contributed by atoms with Gasteiger partial charge < -0.3 is 21.3 Å². The number of nitrogens with two attached hydrogens (primary N) is 1. The van der Waals surface area contributed by atoms with Gasteiger partial charge in [0.1, 0.15) is 6.04 Å². The third-order valence-electron chi connectivity index (χ3n) is 6.77. The van der Waals surface area contributed by atoms with E-state index in [1.165, 1.54) is 25.7 Å². The van der Waals surface area contributed by atoms with E-state index in [0.29, 0.717) is 25.2 Å². The minimum absolute atomic E-state index is 0.203. The van der Waals surface area contributed by atoms with E-state index in [1.807, 2.05) is 29.2 Å². The first-order chi connectivity index (χ1) is 16.5. The van der Waals surface area contributed by atoms with Gasteiger partial charge in [0.05, 0.1) is 11.4 Å². The largest absolute Gasteiger partial charge is 0.383 e. The molecule has 34 heavy (non-hydrogen) atoms. The summed E-state index contributed by atoms with van der Waals surface area (Å²) in [4.78, 5) is 37.6. The quantitative estimate of drug-likeness (QED) is 0.259. The zero-order valence-electron chi connectivity index (χ0n) is 20.3. The lowest BCUT2D eigenvalue weighted by Gasteiger charge is -2.30. The van der Waals surface area contributed by atoms with Crippen LogP contribution in [0.15, 0.2) is 24.3 Å². The van der Waals surface area contributed by atoms with Crippen molar-refractivity contribution in [1.82, 2.24) is 10.2 Å². The van der Waals surface area contributed by atoms with E-state index in [2.05, 4.69) is 16.0 Å². The van der Waals surface area contributed by atoms with Crippen molar-refractivity contribution in [2.75, 3.05) is 30.3 Å². The molecule has 8 nitrogen and oxygen atoms in total. The van der Waals surface area contributed by atoms with E-state index < -0.39 is 0 Å². The number of para-hydroxylation sites is 2. The van der Waals surface area contributed by atoms with Gasteiger partial charge in [-0.15, -0.1) is 0 Å². The number of rotatable bonds is 13. The maximum absolute atomic E-state index is 12.2. The number of amides is 3. The highest BCUT2D eigenvalue weighted by molar-refractivity contribution is 6.01. The molecule has 2 aliphatic heterocycles. The van der Waals surface area contributed by atoms with Gasteiger partial charge in [-0.05, 0) is 44.2 Å². The van der Waals surface area contributed by atoms with E-state index in [-0.39, 0.29) is 23.9 Å². The number of hydrogen-bond acceptors (Lipinski definition) is 6. The average molecular weight is 472 g/mol. The summed E-state index contributed by atoms with van der Waals surface area (Å²) in [5.41, 5.74) is 7.77. The van der Waals surface area contributed by atoms with Crippen LogP contribution in [0.1, 0.15) is 77.0 Å². The number of nitrogens with one attached hydrogen (secondary N) is 3. The summed E-state index contributed by atoms with van der Waals surface area (Å²) in [5, 5.41) is 9.14. The fourth-order valence-corrected chi connectivity index (χ4v) is 4.60. The highest BCUT2D eigenvalue weighted by Gasteiger charge is 2.26. The molecule has 0 aromatic heterocycles. The van der Waals surface area contributed by atoms with Gasteiger partial charge in [0.15, 0.2) is 0 Å². The zero-order chi connectivity index (χ0) is 24.2. The summed E-state index contributed by atoms with van der Waals surface area (Å²) in [7, 11) is 0. The van der Waals surface area contributed by atoms with Gasteiger partial charge in [0.25, 0.3) is 0 Å². The number of imide groups is 1. The van der Waals surface area contributed by atoms with Crippen LogP contribution in [0.25, 0.3) is 0 Å². The van der Waals surface area contributed by atoms with Crippen molar-refractivity contribution in [2.24, 2.45) is 5.73 Å². The SMILES string of the molecule is NC1CCN(C(=O)CCCCCCCCCNc2ccccc2NC2CCC(=O)NC2=O)CC1. The first-order valence-corrected chi connectivity index (χ1v) is 13.0. The number of anilines is 2. The number of carbonyl (C=O) groups excluding carboxylic acids is 3. The Labute approximate surface area is 203 Å². The van der Waals surface area contributed by atoms with E-state index in [0.717, 1.165) is 63.1 Å². The molecule has 2 saturated heterocycles. The van der Waals surface area contributed by atoms with Crippen LogP contribution in [0.4, 0.5) is 11.4 Å². The van der Waals surface area contributed by atoms with E-state index >= 15 is 0 Å². The molecular formula is C26H41N5O3. The number of likely N-dealkylation sites (tertiary alicyclic amines) is 1. The Morgan fingerprint density at radius 3 is 2.29 bits per heavy atom. The molecule has 0 spiro atoms. The van der Waals surface area contributed by atoms with Crippen molar-refractivity contribution < 1.29 is 14.4 Å². The van der Waals surface area contributed by atoms with Crippen LogP contribution in [-0.4, -0.2) is 54.3 Å². The predicted octanol–water partition coefficient (Wildman–Crippen LogP) is 3.39. The number of piperidine rings is 2. The maximum Gasteiger partial charge on any atom is 0.249 e. The van der Waals surface area contributed by atoms with Crippen molar-refractivity contribution in [1.29, 1.82) is 0 Å². The second kappa shape index (κ2) is 13.9. The lowest BCUT2D eigenvalue weighted by Crippen LogP contribution is -2.47. The molecule has 1 unspecified atom stereocenters. The predicted molar refractivity (Wildman–Crippen MR) is 135 cm³/mol. The molecule has 3 amide bonds. The second-order valence-electron chi connectivity index (χ2n) is 9.56.